The van der Waals surface area contributed by atoms with E-state index in [2.05, 4.69) is 26.6 Å². The number of anilines is 1. The van der Waals surface area contributed by atoms with Crippen LogP contribution >= 0.6 is 27.5 Å². The molecule has 0 aliphatic heterocycles. The highest BCUT2D eigenvalue weighted by atomic mass is 79.9. The number of nitrogens with one attached hydrogen (secondary N) is 2. The zero-order valence-electron chi connectivity index (χ0n) is 11.8. The largest absolute Gasteiger partial charge is 0.359 e. The van der Waals surface area contributed by atoms with Crippen LogP contribution in [0, 0.1) is 0 Å². The predicted molar refractivity (Wildman–Crippen MR) is 91.3 cm³/mol. The molecular formula is C16H14BrClN2O2. The van der Waals surface area contributed by atoms with Crippen molar-refractivity contribution in [2.45, 2.75) is 6.42 Å². The molecule has 2 N–H and O–H groups in total. The van der Waals surface area contributed by atoms with Crippen LogP contribution in [0.4, 0.5) is 5.69 Å². The Morgan fingerprint density at radius 1 is 1.14 bits per heavy atom. The summed E-state index contributed by atoms with van der Waals surface area (Å²) in [6.07, 6.45) is 0.308. The predicted octanol–water partition coefficient (Wildman–Crippen LogP) is 3.64. The Morgan fingerprint density at radius 2 is 1.82 bits per heavy atom. The van der Waals surface area contributed by atoms with Gasteiger partial charge in [0.2, 0.25) is 5.91 Å². The van der Waals surface area contributed by atoms with Gasteiger partial charge in [-0.3, -0.25) is 9.59 Å². The Labute approximate surface area is 142 Å². The maximum Gasteiger partial charge on any atom is 0.257 e. The normalized spacial score (nSPS) is 10.1. The topological polar surface area (TPSA) is 58.2 Å². The van der Waals surface area contributed by atoms with E-state index in [1.165, 1.54) is 0 Å². The average Bonchev–Trinajstić information content (AvgIpc) is 2.51. The van der Waals surface area contributed by atoms with Crippen LogP contribution < -0.4 is 10.6 Å². The van der Waals surface area contributed by atoms with Crippen molar-refractivity contribution in [3.8, 4) is 0 Å². The number of benzene rings is 2. The van der Waals surface area contributed by atoms with Crippen molar-refractivity contribution in [2.75, 3.05) is 12.4 Å². The Balaban J connectivity index is 2.08. The van der Waals surface area contributed by atoms with Gasteiger partial charge in [0, 0.05) is 17.2 Å². The molecule has 0 aliphatic rings. The fourth-order valence-corrected chi connectivity index (χ4v) is 2.41. The first-order valence-corrected chi connectivity index (χ1v) is 7.72. The molecule has 0 aliphatic carbocycles. The van der Waals surface area contributed by atoms with Crippen LogP contribution in [0.5, 0.6) is 0 Å². The highest BCUT2D eigenvalue weighted by molar-refractivity contribution is 9.10. The molecule has 0 bridgehead atoms. The van der Waals surface area contributed by atoms with Gasteiger partial charge in [0.05, 0.1) is 17.0 Å². The van der Waals surface area contributed by atoms with Gasteiger partial charge in [-0.05, 0) is 35.9 Å². The number of hydrogen-bond acceptors (Lipinski definition) is 2. The van der Waals surface area contributed by atoms with E-state index in [1.807, 2.05) is 0 Å². The summed E-state index contributed by atoms with van der Waals surface area (Å²) in [6, 6.07) is 12.2. The van der Waals surface area contributed by atoms with Gasteiger partial charge < -0.3 is 10.6 Å². The third-order valence-electron chi connectivity index (χ3n) is 3.03. The molecule has 0 radical (unpaired) electrons. The number of carbonyl (C=O) groups is 2. The van der Waals surface area contributed by atoms with Crippen molar-refractivity contribution < 1.29 is 9.59 Å². The van der Waals surface area contributed by atoms with Gasteiger partial charge >= 0.3 is 0 Å². The molecule has 0 saturated heterocycles. The summed E-state index contributed by atoms with van der Waals surface area (Å²) in [7, 11) is 1.60. The van der Waals surface area contributed by atoms with Crippen LogP contribution in [-0.4, -0.2) is 18.9 Å². The minimum absolute atomic E-state index is 0.0577. The zero-order valence-corrected chi connectivity index (χ0v) is 14.2. The standard InChI is InChI=1S/C16H14BrClN2O2/c1-19-15(21)8-10-2-5-12(6-3-10)20-16(22)13-9-11(17)4-7-14(13)18/h2-7,9H,8H2,1H3,(H,19,21)(H,20,22). The average molecular weight is 382 g/mol. The van der Waals surface area contributed by atoms with Crippen molar-refractivity contribution in [1.82, 2.24) is 5.32 Å². The summed E-state index contributed by atoms with van der Waals surface area (Å²) in [5.74, 6) is -0.344. The van der Waals surface area contributed by atoms with Crippen molar-refractivity contribution in [1.29, 1.82) is 0 Å². The molecule has 0 saturated carbocycles. The van der Waals surface area contributed by atoms with Gasteiger partial charge in [-0.2, -0.15) is 0 Å². The minimum atomic E-state index is -0.287. The highest BCUT2D eigenvalue weighted by Gasteiger charge is 2.11. The molecule has 114 valence electrons. The van der Waals surface area contributed by atoms with Gasteiger partial charge in [-0.1, -0.05) is 39.7 Å². The van der Waals surface area contributed by atoms with Crippen molar-refractivity contribution >= 4 is 45.0 Å². The first-order chi connectivity index (χ1) is 10.5. The smallest absolute Gasteiger partial charge is 0.257 e. The van der Waals surface area contributed by atoms with Gasteiger partial charge in [0.1, 0.15) is 0 Å². The number of hydrogen-bond donors (Lipinski definition) is 2. The maximum atomic E-state index is 12.2. The van der Waals surface area contributed by atoms with Gasteiger partial charge in [-0.25, -0.2) is 0 Å². The summed E-state index contributed by atoms with van der Waals surface area (Å²) in [5, 5.41) is 5.73. The molecule has 0 spiro atoms. The molecule has 6 heteroatoms. The Morgan fingerprint density at radius 3 is 2.45 bits per heavy atom. The minimum Gasteiger partial charge on any atom is -0.359 e. The summed E-state index contributed by atoms with van der Waals surface area (Å²) < 4.78 is 0.781. The zero-order chi connectivity index (χ0) is 16.1. The van der Waals surface area contributed by atoms with E-state index in [1.54, 1.807) is 49.5 Å². The Kier molecular flexibility index (Phi) is 5.57. The fourth-order valence-electron chi connectivity index (χ4n) is 1.85. The monoisotopic (exact) mass is 380 g/mol. The van der Waals surface area contributed by atoms with E-state index in [0.29, 0.717) is 22.7 Å². The lowest BCUT2D eigenvalue weighted by Gasteiger charge is -2.08. The third-order valence-corrected chi connectivity index (χ3v) is 3.85. The molecule has 4 nitrogen and oxygen atoms in total. The first-order valence-electron chi connectivity index (χ1n) is 6.55. The van der Waals surface area contributed by atoms with Gasteiger partial charge in [-0.15, -0.1) is 0 Å². The molecule has 2 rings (SSSR count). The third kappa shape index (κ3) is 4.32. The van der Waals surface area contributed by atoms with Crippen molar-refractivity contribution in [3.63, 3.8) is 0 Å². The number of carbonyl (C=O) groups excluding carboxylic acids is 2. The molecule has 2 aromatic rings. The Bertz CT molecular complexity index is 702. The van der Waals surface area contributed by atoms with E-state index in [4.69, 9.17) is 11.6 Å². The summed E-state index contributed by atoms with van der Waals surface area (Å²) in [6.45, 7) is 0. The SMILES string of the molecule is CNC(=O)Cc1ccc(NC(=O)c2cc(Br)ccc2Cl)cc1. The van der Waals surface area contributed by atoms with E-state index < -0.39 is 0 Å². The molecule has 2 amide bonds. The molecule has 0 heterocycles. The van der Waals surface area contributed by atoms with Crippen LogP contribution in [-0.2, 0) is 11.2 Å². The van der Waals surface area contributed by atoms with Crippen LogP contribution in [0.25, 0.3) is 0 Å². The highest BCUT2D eigenvalue weighted by Crippen LogP contribution is 2.22. The van der Waals surface area contributed by atoms with Gasteiger partial charge in [0.25, 0.3) is 5.91 Å². The maximum absolute atomic E-state index is 12.2. The number of rotatable bonds is 4. The van der Waals surface area contributed by atoms with Crippen LogP contribution in [0.15, 0.2) is 46.9 Å². The van der Waals surface area contributed by atoms with E-state index in [0.717, 1.165) is 10.0 Å². The summed E-state index contributed by atoms with van der Waals surface area (Å²) in [5.41, 5.74) is 1.91. The van der Waals surface area contributed by atoms with Crippen molar-refractivity contribution in [2.24, 2.45) is 0 Å². The molecule has 0 fully saturated rings. The molecule has 0 aromatic heterocycles. The lowest BCUT2D eigenvalue weighted by Crippen LogP contribution is -2.19. The molecule has 0 atom stereocenters. The molecule has 2 aromatic carbocycles. The number of halogens is 2. The lowest BCUT2D eigenvalue weighted by molar-refractivity contribution is -0.119. The summed E-state index contributed by atoms with van der Waals surface area (Å²) >= 11 is 9.34. The number of likely N-dealkylation sites (N-methyl/N-ethyl adjacent to an activating group) is 1. The van der Waals surface area contributed by atoms with E-state index in [9.17, 15) is 9.59 Å². The Hall–Kier alpha value is -1.85. The number of amides is 2. The quantitative estimate of drug-likeness (QED) is 0.849. The molecule has 22 heavy (non-hydrogen) atoms. The second kappa shape index (κ2) is 7.42. The first kappa shape index (κ1) is 16.5. The second-order valence-electron chi connectivity index (χ2n) is 4.63. The van der Waals surface area contributed by atoms with Crippen LogP contribution in [0.1, 0.15) is 15.9 Å². The van der Waals surface area contributed by atoms with Crippen LogP contribution in [0.2, 0.25) is 5.02 Å². The second-order valence-corrected chi connectivity index (χ2v) is 5.95. The molecule has 0 unspecified atom stereocenters. The van der Waals surface area contributed by atoms with E-state index >= 15 is 0 Å². The summed E-state index contributed by atoms with van der Waals surface area (Å²) in [4.78, 5) is 23.5. The van der Waals surface area contributed by atoms with E-state index in [-0.39, 0.29) is 11.8 Å². The molecular weight excluding hydrogens is 368 g/mol. The fraction of sp³-hybridized carbons (Fsp3) is 0.125. The van der Waals surface area contributed by atoms with Crippen LogP contribution in [0.3, 0.4) is 0 Å². The lowest BCUT2D eigenvalue weighted by atomic mass is 10.1. The van der Waals surface area contributed by atoms with Gasteiger partial charge in [0.15, 0.2) is 0 Å². The van der Waals surface area contributed by atoms with Crippen molar-refractivity contribution in [3.05, 3.63) is 63.1 Å².